The van der Waals surface area contributed by atoms with Gasteiger partial charge in [0.2, 0.25) is 16.0 Å². The molecule has 0 saturated carbocycles. The van der Waals surface area contributed by atoms with Crippen LogP contribution in [0.2, 0.25) is 0 Å². The van der Waals surface area contributed by atoms with Gasteiger partial charge in [0.05, 0.1) is 47.7 Å². The SMILES string of the molecule is CS(=O)(=O)N1CC[C@@H](Nc2ncc3ccc(N4CCCc5[nH]ncc54)n3n2)[C@H](O)C1. The summed E-state index contributed by atoms with van der Waals surface area (Å²) in [7, 11) is -3.32. The predicted octanol–water partition coefficient (Wildman–Crippen LogP) is 0.343. The second kappa shape index (κ2) is 7.22. The van der Waals surface area contributed by atoms with Gasteiger partial charge in [-0.15, -0.1) is 5.10 Å². The van der Waals surface area contributed by atoms with E-state index in [0.717, 1.165) is 48.4 Å². The van der Waals surface area contributed by atoms with Gasteiger partial charge in [0.25, 0.3) is 0 Å². The molecular weight excluding hydrogens is 408 g/mol. The van der Waals surface area contributed by atoms with Crippen LogP contribution in [0.1, 0.15) is 18.5 Å². The second-order valence-corrected chi connectivity index (χ2v) is 9.81. The molecule has 0 unspecified atom stereocenters. The molecule has 3 aromatic rings. The Balaban J connectivity index is 1.39. The fourth-order valence-corrected chi connectivity index (χ4v) is 5.05. The average molecular weight is 433 g/mol. The minimum atomic E-state index is -3.32. The number of fused-ring (bicyclic) bond motifs is 2. The molecule has 2 aliphatic rings. The number of aromatic nitrogens is 5. The zero-order chi connectivity index (χ0) is 20.9. The Morgan fingerprint density at radius 1 is 1.27 bits per heavy atom. The average Bonchev–Trinajstić information content (AvgIpc) is 3.35. The Bertz CT molecular complexity index is 1170. The van der Waals surface area contributed by atoms with Crippen molar-refractivity contribution in [3.63, 3.8) is 0 Å². The molecule has 0 bridgehead atoms. The van der Waals surface area contributed by atoms with E-state index in [0.29, 0.717) is 18.9 Å². The number of H-pyrrole nitrogens is 1. The smallest absolute Gasteiger partial charge is 0.241 e. The van der Waals surface area contributed by atoms with E-state index >= 15 is 0 Å². The summed E-state index contributed by atoms with van der Waals surface area (Å²) in [6.07, 6.45) is 6.34. The van der Waals surface area contributed by atoms with Crippen molar-refractivity contribution in [2.24, 2.45) is 0 Å². The Hall–Kier alpha value is -2.70. The molecule has 0 spiro atoms. The molecule has 5 heterocycles. The largest absolute Gasteiger partial charge is 0.390 e. The third-order valence-electron chi connectivity index (χ3n) is 5.78. The van der Waals surface area contributed by atoms with Gasteiger partial charge in [-0.3, -0.25) is 5.10 Å². The minimum Gasteiger partial charge on any atom is -0.390 e. The van der Waals surface area contributed by atoms with Crippen molar-refractivity contribution >= 4 is 33.0 Å². The number of hydrogen-bond acceptors (Lipinski definition) is 8. The van der Waals surface area contributed by atoms with Crippen molar-refractivity contribution in [3.8, 4) is 0 Å². The van der Waals surface area contributed by atoms with E-state index in [1.54, 1.807) is 6.20 Å². The monoisotopic (exact) mass is 432 g/mol. The third-order valence-corrected chi connectivity index (χ3v) is 7.05. The number of sulfonamides is 1. The summed E-state index contributed by atoms with van der Waals surface area (Å²) in [5.74, 6) is 1.31. The highest BCUT2D eigenvalue weighted by Gasteiger charge is 2.32. The highest BCUT2D eigenvalue weighted by molar-refractivity contribution is 7.88. The Labute approximate surface area is 173 Å². The van der Waals surface area contributed by atoms with Crippen molar-refractivity contribution < 1.29 is 13.5 Å². The van der Waals surface area contributed by atoms with E-state index in [9.17, 15) is 13.5 Å². The maximum absolute atomic E-state index is 11.7. The van der Waals surface area contributed by atoms with Crippen LogP contribution in [0.3, 0.4) is 0 Å². The maximum Gasteiger partial charge on any atom is 0.241 e. The maximum atomic E-state index is 11.7. The minimum absolute atomic E-state index is 0.0601. The van der Waals surface area contributed by atoms with Gasteiger partial charge in [-0.1, -0.05) is 0 Å². The number of hydrogen-bond donors (Lipinski definition) is 3. The van der Waals surface area contributed by atoms with Crippen LogP contribution in [0.25, 0.3) is 5.52 Å². The molecule has 2 atom stereocenters. The number of aliphatic hydroxyl groups excluding tert-OH is 1. The summed E-state index contributed by atoms with van der Waals surface area (Å²) < 4.78 is 26.6. The van der Waals surface area contributed by atoms with Gasteiger partial charge < -0.3 is 15.3 Å². The summed E-state index contributed by atoms with van der Waals surface area (Å²) in [4.78, 5) is 6.56. The summed E-state index contributed by atoms with van der Waals surface area (Å²) in [6, 6.07) is 3.65. The molecule has 11 nitrogen and oxygen atoms in total. The number of rotatable bonds is 4. The molecule has 12 heteroatoms. The highest BCUT2D eigenvalue weighted by Crippen LogP contribution is 2.32. The van der Waals surface area contributed by atoms with Gasteiger partial charge in [-0.2, -0.15) is 9.40 Å². The van der Waals surface area contributed by atoms with Crippen LogP contribution in [0, 0.1) is 0 Å². The first-order valence-electron chi connectivity index (χ1n) is 9.94. The van der Waals surface area contributed by atoms with Crippen molar-refractivity contribution in [1.82, 2.24) is 29.1 Å². The Kier molecular flexibility index (Phi) is 4.64. The van der Waals surface area contributed by atoms with E-state index in [2.05, 4.69) is 30.5 Å². The van der Waals surface area contributed by atoms with E-state index in [1.807, 2.05) is 22.8 Å². The number of aliphatic hydroxyl groups is 1. The van der Waals surface area contributed by atoms with E-state index in [-0.39, 0.29) is 12.6 Å². The first kappa shape index (κ1) is 19.3. The third kappa shape index (κ3) is 3.40. The molecule has 3 aromatic heterocycles. The highest BCUT2D eigenvalue weighted by atomic mass is 32.2. The standard InChI is InChI=1S/C18H24N8O3S/c1-30(28,29)24-8-6-14(16(27)11-24)21-18-19-9-12-4-5-17(26(12)23-18)25-7-2-3-13-15(25)10-20-22-13/h4-5,9-10,14,16,27H,2-3,6-8,11H2,1H3,(H,20,22)(H,21,23)/t14-,16-/m1/s1. The molecule has 0 amide bonds. The van der Waals surface area contributed by atoms with Crippen molar-refractivity contribution in [2.75, 3.05) is 36.1 Å². The number of aryl methyl sites for hydroxylation is 1. The summed E-state index contributed by atoms with van der Waals surface area (Å²) in [6.45, 7) is 1.28. The van der Waals surface area contributed by atoms with Crippen LogP contribution in [-0.4, -0.2) is 80.7 Å². The molecular formula is C18H24N8O3S. The van der Waals surface area contributed by atoms with E-state index in [1.165, 1.54) is 4.31 Å². The molecule has 3 N–H and O–H groups in total. The fourth-order valence-electron chi connectivity index (χ4n) is 4.19. The lowest BCUT2D eigenvalue weighted by atomic mass is 10.0. The van der Waals surface area contributed by atoms with Gasteiger partial charge in [0.15, 0.2) is 0 Å². The van der Waals surface area contributed by atoms with Crippen molar-refractivity contribution in [1.29, 1.82) is 0 Å². The van der Waals surface area contributed by atoms with Crippen LogP contribution in [0.15, 0.2) is 24.5 Å². The van der Waals surface area contributed by atoms with Gasteiger partial charge >= 0.3 is 0 Å². The van der Waals surface area contributed by atoms with Gasteiger partial charge in [0, 0.05) is 19.6 Å². The van der Waals surface area contributed by atoms with Crippen LogP contribution in [0.4, 0.5) is 17.5 Å². The molecule has 1 saturated heterocycles. The van der Waals surface area contributed by atoms with Crippen molar-refractivity contribution in [3.05, 3.63) is 30.2 Å². The first-order valence-corrected chi connectivity index (χ1v) is 11.8. The van der Waals surface area contributed by atoms with Crippen LogP contribution in [0.5, 0.6) is 0 Å². The normalized spacial score (nSPS) is 22.9. The molecule has 1 fully saturated rings. The van der Waals surface area contributed by atoms with Gasteiger partial charge in [-0.25, -0.2) is 17.9 Å². The number of piperidine rings is 1. The topological polar surface area (TPSA) is 132 Å². The van der Waals surface area contributed by atoms with E-state index in [4.69, 9.17) is 0 Å². The zero-order valence-electron chi connectivity index (χ0n) is 16.6. The number of nitrogens with zero attached hydrogens (tertiary/aromatic N) is 6. The molecule has 0 aliphatic carbocycles. The Morgan fingerprint density at radius 2 is 2.13 bits per heavy atom. The number of anilines is 3. The summed E-state index contributed by atoms with van der Waals surface area (Å²) >= 11 is 0. The summed E-state index contributed by atoms with van der Waals surface area (Å²) in [5.41, 5.74) is 3.03. The molecule has 0 aromatic carbocycles. The second-order valence-electron chi connectivity index (χ2n) is 7.83. The Morgan fingerprint density at radius 3 is 2.93 bits per heavy atom. The zero-order valence-corrected chi connectivity index (χ0v) is 17.4. The fraction of sp³-hybridized carbons (Fsp3) is 0.500. The molecule has 160 valence electrons. The molecule has 30 heavy (non-hydrogen) atoms. The van der Waals surface area contributed by atoms with Gasteiger partial charge in [-0.05, 0) is 31.4 Å². The lowest BCUT2D eigenvalue weighted by molar-refractivity contribution is 0.0950. The first-order chi connectivity index (χ1) is 14.4. The molecule has 0 radical (unpaired) electrons. The van der Waals surface area contributed by atoms with Crippen LogP contribution >= 0.6 is 0 Å². The van der Waals surface area contributed by atoms with Crippen molar-refractivity contribution in [2.45, 2.75) is 31.4 Å². The van der Waals surface area contributed by atoms with Gasteiger partial charge in [0.1, 0.15) is 5.82 Å². The predicted molar refractivity (Wildman–Crippen MR) is 111 cm³/mol. The van der Waals surface area contributed by atoms with Crippen LogP contribution < -0.4 is 10.2 Å². The van der Waals surface area contributed by atoms with E-state index < -0.39 is 16.1 Å². The lowest BCUT2D eigenvalue weighted by Crippen LogP contribution is -2.51. The molecule has 2 aliphatic heterocycles. The number of β-amino-alcohol motifs (C(OH)–C–C–N with tert-alkyl or cyclic N) is 1. The lowest BCUT2D eigenvalue weighted by Gasteiger charge is -2.34. The number of nitrogens with one attached hydrogen (secondary N) is 2. The van der Waals surface area contributed by atoms with Crippen LogP contribution in [-0.2, 0) is 16.4 Å². The number of aromatic amines is 1. The quantitative estimate of drug-likeness (QED) is 0.538. The summed E-state index contributed by atoms with van der Waals surface area (Å²) in [5, 5.41) is 25.5. The molecule has 5 rings (SSSR count).